The van der Waals surface area contributed by atoms with Crippen LogP contribution in [0.15, 0.2) is 16.6 Å². The molecule has 1 aromatic rings. The lowest BCUT2D eigenvalue weighted by atomic mass is 10.1. The normalized spacial score (nSPS) is 16.1. The average molecular weight is 301 g/mol. The topological polar surface area (TPSA) is 49.4 Å². The van der Waals surface area contributed by atoms with Gasteiger partial charge in [0.2, 0.25) is 5.91 Å². The van der Waals surface area contributed by atoms with Crippen molar-refractivity contribution in [2.45, 2.75) is 13.3 Å². The Morgan fingerprint density at radius 2 is 2.12 bits per heavy atom. The van der Waals surface area contributed by atoms with E-state index in [0.29, 0.717) is 10.2 Å². The Balaban J connectivity index is 2.37. The first kappa shape index (κ1) is 12.0. The molecule has 1 fully saturated rings. The minimum atomic E-state index is -0.508. The summed E-state index contributed by atoms with van der Waals surface area (Å²) in [7, 11) is 0. The first-order valence-corrected chi connectivity index (χ1v) is 5.85. The minimum absolute atomic E-state index is 0.225. The van der Waals surface area contributed by atoms with Crippen molar-refractivity contribution in [2.24, 2.45) is 0 Å². The molecule has 17 heavy (non-hydrogen) atoms. The second-order valence-corrected chi connectivity index (χ2v) is 4.66. The molecule has 1 aromatic carbocycles. The number of hydrogen-bond donors (Lipinski definition) is 1. The van der Waals surface area contributed by atoms with Crippen LogP contribution in [0.5, 0.6) is 0 Å². The Morgan fingerprint density at radius 3 is 2.76 bits per heavy atom. The number of hydrogen-bond acceptors (Lipinski definition) is 2. The van der Waals surface area contributed by atoms with Crippen molar-refractivity contribution in [3.63, 3.8) is 0 Å². The molecule has 1 N–H and O–H groups in total. The number of imide groups is 1. The molecule has 6 heteroatoms. The number of amides is 3. The van der Waals surface area contributed by atoms with Crippen LogP contribution < -0.4 is 10.2 Å². The van der Waals surface area contributed by atoms with E-state index < -0.39 is 11.8 Å². The SMILES string of the molecule is Cc1cc(Br)c(F)cc1N1CCC(=O)NC1=O. The molecule has 0 aromatic heterocycles. The smallest absolute Gasteiger partial charge is 0.293 e. The van der Waals surface area contributed by atoms with Crippen molar-refractivity contribution >= 4 is 33.6 Å². The van der Waals surface area contributed by atoms with Crippen molar-refractivity contribution in [1.82, 2.24) is 5.32 Å². The lowest BCUT2D eigenvalue weighted by molar-refractivity contribution is -0.120. The zero-order valence-electron chi connectivity index (χ0n) is 9.09. The molecular formula is C11H10BrFN2O2. The van der Waals surface area contributed by atoms with Crippen LogP contribution in [0.1, 0.15) is 12.0 Å². The molecule has 0 aliphatic carbocycles. The summed E-state index contributed by atoms with van der Waals surface area (Å²) >= 11 is 3.08. The Hall–Kier alpha value is -1.43. The van der Waals surface area contributed by atoms with Gasteiger partial charge in [-0.25, -0.2) is 9.18 Å². The molecule has 0 spiro atoms. The summed E-state index contributed by atoms with van der Waals surface area (Å²) in [5, 5.41) is 2.20. The Morgan fingerprint density at radius 1 is 1.41 bits per heavy atom. The molecule has 3 amide bonds. The standard InChI is InChI=1S/C11H10BrFN2O2/c1-6-4-7(12)8(13)5-9(6)15-3-2-10(16)14-11(15)17/h4-5H,2-3H2,1H3,(H,14,16,17). The van der Waals surface area contributed by atoms with Gasteiger partial charge in [-0.2, -0.15) is 0 Å². The van der Waals surface area contributed by atoms with Gasteiger partial charge < -0.3 is 0 Å². The third kappa shape index (κ3) is 2.31. The van der Waals surface area contributed by atoms with Crippen molar-refractivity contribution in [1.29, 1.82) is 0 Å². The largest absolute Gasteiger partial charge is 0.328 e. The number of halogens is 2. The number of urea groups is 1. The number of nitrogens with zero attached hydrogens (tertiary/aromatic N) is 1. The molecular weight excluding hydrogens is 291 g/mol. The van der Waals surface area contributed by atoms with Gasteiger partial charge in [0, 0.05) is 13.0 Å². The molecule has 1 aliphatic rings. The molecule has 90 valence electrons. The molecule has 4 nitrogen and oxygen atoms in total. The van der Waals surface area contributed by atoms with Crippen LogP contribution >= 0.6 is 15.9 Å². The van der Waals surface area contributed by atoms with Gasteiger partial charge in [0.05, 0.1) is 10.2 Å². The maximum absolute atomic E-state index is 13.4. The molecule has 0 bridgehead atoms. The lowest BCUT2D eigenvalue weighted by Crippen LogP contribution is -2.49. The summed E-state index contributed by atoms with van der Waals surface area (Å²) in [5.74, 6) is -0.739. The third-order valence-electron chi connectivity index (χ3n) is 2.58. The number of carbonyl (C=O) groups is 2. The first-order valence-electron chi connectivity index (χ1n) is 5.06. The van der Waals surface area contributed by atoms with E-state index in [0.717, 1.165) is 5.56 Å². The molecule has 0 saturated carbocycles. The Labute approximate surface area is 106 Å². The van der Waals surface area contributed by atoms with Crippen LogP contribution in [0.3, 0.4) is 0 Å². The summed E-state index contributed by atoms with van der Waals surface area (Å²) in [6, 6.07) is 2.38. The third-order valence-corrected chi connectivity index (χ3v) is 3.19. The predicted octanol–water partition coefficient (Wildman–Crippen LogP) is 2.34. The van der Waals surface area contributed by atoms with E-state index in [9.17, 15) is 14.0 Å². The first-order chi connectivity index (χ1) is 7.99. The van der Waals surface area contributed by atoms with Crippen LogP contribution in [-0.4, -0.2) is 18.5 Å². The van der Waals surface area contributed by atoms with E-state index in [1.807, 2.05) is 0 Å². The summed E-state index contributed by atoms with van der Waals surface area (Å²) in [5.41, 5.74) is 1.25. The van der Waals surface area contributed by atoms with Crippen LogP contribution in [-0.2, 0) is 4.79 Å². The van der Waals surface area contributed by atoms with Gasteiger partial charge in [-0.15, -0.1) is 0 Å². The van der Waals surface area contributed by atoms with E-state index in [1.54, 1.807) is 13.0 Å². The number of nitrogens with one attached hydrogen (secondary N) is 1. The highest BCUT2D eigenvalue weighted by molar-refractivity contribution is 9.10. The summed E-state index contributed by atoms with van der Waals surface area (Å²) in [6.45, 7) is 2.05. The molecule has 0 atom stereocenters. The second-order valence-electron chi connectivity index (χ2n) is 3.81. The second kappa shape index (κ2) is 4.44. The predicted molar refractivity (Wildman–Crippen MR) is 64.3 cm³/mol. The summed E-state index contributed by atoms with van der Waals surface area (Å²) in [4.78, 5) is 24.0. The van der Waals surface area contributed by atoms with Crippen LogP contribution in [0, 0.1) is 12.7 Å². The quantitative estimate of drug-likeness (QED) is 0.865. The minimum Gasteiger partial charge on any atom is -0.293 e. The number of carbonyl (C=O) groups excluding carboxylic acids is 2. The van der Waals surface area contributed by atoms with E-state index in [4.69, 9.17) is 0 Å². The van der Waals surface area contributed by atoms with Crippen molar-refractivity contribution in [3.05, 3.63) is 28.0 Å². The Kier molecular flexibility index (Phi) is 3.15. The molecule has 0 radical (unpaired) electrons. The molecule has 1 heterocycles. The van der Waals surface area contributed by atoms with Gasteiger partial charge in [0.25, 0.3) is 0 Å². The van der Waals surface area contributed by atoms with E-state index >= 15 is 0 Å². The van der Waals surface area contributed by atoms with E-state index in [-0.39, 0.29) is 18.9 Å². The highest BCUT2D eigenvalue weighted by atomic mass is 79.9. The highest BCUT2D eigenvalue weighted by Gasteiger charge is 2.25. The summed E-state index contributed by atoms with van der Waals surface area (Å²) in [6.07, 6.45) is 0.225. The van der Waals surface area contributed by atoms with Gasteiger partial charge in [-0.3, -0.25) is 15.0 Å². The fourth-order valence-electron chi connectivity index (χ4n) is 1.72. The Bertz CT molecular complexity index is 504. The average Bonchev–Trinajstić information content (AvgIpc) is 2.24. The van der Waals surface area contributed by atoms with Crippen LogP contribution in [0.25, 0.3) is 0 Å². The van der Waals surface area contributed by atoms with Gasteiger partial charge in [-0.05, 0) is 40.5 Å². The van der Waals surface area contributed by atoms with Crippen LogP contribution in [0.2, 0.25) is 0 Å². The highest BCUT2D eigenvalue weighted by Crippen LogP contribution is 2.27. The van der Waals surface area contributed by atoms with E-state index in [2.05, 4.69) is 21.2 Å². The van der Waals surface area contributed by atoms with Crippen molar-refractivity contribution < 1.29 is 14.0 Å². The monoisotopic (exact) mass is 300 g/mol. The maximum Gasteiger partial charge on any atom is 0.328 e. The summed E-state index contributed by atoms with van der Waals surface area (Å²) < 4.78 is 13.8. The number of anilines is 1. The van der Waals surface area contributed by atoms with Gasteiger partial charge in [0.15, 0.2) is 0 Å². The van der Waals surface area contributed by atoms with Gasteiger partial charge in [0.1, 0.15) is 5.82 Å². The fourth-order valence-corrected chi connectivity index (χ4v) is 2.18. The number of aryl methyl sites for hydroxylation is 1. The maximum atomic E-state index is 13.4. The van der Waals surface area contributed by atoms with Gasteiger partial charge >= 0.3 is 6.03 Å². The fraction of sp³-hybridized carbons (Fsp3) is 0.273. The number of benzene rings is 1. The molecule has 2 rings (SSSR count). The zero-order valence-corrected chi connectivity index (χ0v) is 10.7. The zero-order chi connectivity index (χ0) is 12.6. The van der Waals surface area contributed by atoms with E-state index in [1.165, 1.54) is 11.0 Å². The van der Waals surface area contributed by atoms with Crippen molar-refractivity contribution in [3.8, 4) is 0 Å². The lowest BCUT2D eigenvalue weighted by Gasteiger charge is -2.28. The molecule has 1 aliphatic heterocycles. The number of rotatable bonds is 1. The van der Waals surface area contributed by atoms with Crippen LogP contribution in [0.4, 0.5) is 14.9 Å². The molecule has 0 unspecified atom stereocenters. The van der Waals surface area contributed by atoms with Gasteiger partial charge in [-0.1, -0.05) is 0 Å². The van der Waals surface area contributed by atoms with Crippen molar-refractivity contribution in [2.75, 3.05) is 11.4 Å². The molecule has 1 saturated heterocycles.